The lowest BCUT2D eigenvalue weighted by Crippen LogP contribution is -2.55. The Morgan fingerprint density at radius 3 is 2.24 bits per heavy atom. The van der Waals surface area contributed by atoms with E-state index in [-0.39, 0.29) is 29.7 Å². The molecule has 2 aromatic rings. The highest BCUT2D eigenvalue weighted by atomic mass is 16.2. The molecule has 3 rings (SSSR count). The SMILES string of the molecule is CC[C@@H](C)NC(=O)[C@@H](NC(=O)c1ccc(C)cc1)C1CCN(C(=O)CCc2ccccc2)CC1. The summed E-state index contributed by atoms with van der Waals surface area (Å²) in [5, 5.41) is 6.02. The molecule has 0 unspecified atom stereocenters. The van der Waals surface area contributed by atoms with E-state index in [9.17, 15) is 14.4 Å². The predicted molar refractivity (Wildman–Crippen MR) is 134 cm³/mol. The largest absolute Gasteiger partial charge is 0.352 e. The van der Waals surface area contributed by atoms with E-state index in [2.05, 4.69) is 10.6 Å². The van der Waals surface area contributed by atoms with Crippen molar-refractivity contribution in [3.8, 4) is 0 Å². The highest BCUT2D eigenvalue weighted by Crippen LogP contribution is 2.23. The first-order valence-electron chi connectivity index (χ1n) is 12.4. The number of nitrogens with zero attached hydrogens (tertiary/aromatic N) is 1. The number of hydrogen-bond donors (Lipinski definition) is 2. The fourth-order valence-electron chi connectivity index (χ4n) is 4.30. The Morgan fingerprint density at radius 1 is 0.971 bits per heavy atom. The van der Waals surface area contributed by atoms with Crippen molar-refractivity contribution < 1.29 is 14.4 Å². The molecule has 1 fully saturated rings. The average molecular weight is 464 g/mol. The Morgan fingerprint density at radius 2 is 1.62 bits per heavy atom. The number of likely N-dealkylation sites (tertiary alicyclic amines) is 1. The van der Waals surface area contributed by atoms with E-state index in [4.69, 9.17) is 0 Å². The maximum absolute atomic E-state index is 13.1. The number of carbonyl (C=O) groups excluding carboxylic acids is 3. The molecule has 182 valence electrons. The van der Waals surface area contributed by atoms with Crippen molar-refractivity contribution in [3.63, 3.8) is 0 Å². The Bertz CT molecular complexity index is 951. The van der Waals surface area contributed by atoms with Gasteiger partial charge in [0.05, 0.1) is 0 Å². The number of hydrogen-bond acceptors (Lipinski definition) is 3. The molecule has 0 radical (unpaired) electrons. The van der Waals surface area contributed by atoms with Crippen molar-refractivity contribution in [1.82, 2.24) is 15.5 Å². The lowest BCUT2D eigenvalue weighted by atomic mass is 9.88. The number of amides is 3. The van der Waals surface area contributed by atoms with Crippen molar-refractivity contribution in [3.05, 3.63) is 71.3 Å². The van der Waals surface area contributed by atoms with Gasteiger partial charge in [0.2, 0.25) is 11.8 Å². The molecule has 0 bridgehead atoms. The number of benzene rings is 2. The predicted octanol–water partition coefficient (Wildman–Crippen LogP) is 3.88. The highest BCUT2D eigenvalue weighted by Gasteiger charge is 2.34. The van der Waals surface area contributed by atoms with Crippen LogP contribution in [0.5, 0.6) is 0 Å². The summed E-state index contributed by atoms with van der Waals surface area (Å²) in [5.41, 5.74) is 2.78. The summed E-state index contributed by atoms with van der Waals surface area (Å²) in [6.07, 6.45) is 3.40. The molecule has 2 aromatic carbocycles. The maximum Gasteiger partial charge on any atom is 0.251 e. The fourth-order valence-corrected chi connectivity index (χ4v) is 4.30. The first-order valence-corrected chi connectivity index (χ1v) is 12.4. The minimum atomic E-state index is -0.621. The van der Waals surface area contributed by atoms with Gasteiger partial charge in [-0.25, -0.2) is 0 Å². The van der Waals surface area contributed by atoms with Crippen LogP contribution < -0.4 is 10.6 Å². The number of rotatable bonds is 9. The minimum absolute atomic E-state index is 0.0170. The summed E-state index contributed by atoms with van der Waals surface area (Å²) < 4.78 is 0. The molecule has 3 amide bonds. The molecule has 6 nitrogen and oxygen atoms in total. The first kappa shape index (κ1) is 25.5. The standard InChI is InChI=1S/C28H37N3O3/c1-4-21(3)29-28(34)26(30-27(33)24-13-10-20(2)11-14-24)23-16-18-31(19-17-23)25(32)15-12-22-8-6-5-7-9-22/h5-11,13-14,21,23,26H,4,12,15-19H2,1-3H3,(H,29,34)(H,30,33)/t21-,26+/m1/s1. The number of aryl methyl sites for hydroxylation is 2. The summed E-state index contributed by atoms with van der Waals surface area (Å²) in [5.74, 6) is -0.266. The molecule has 0 saturated carbocycles. The van der Waals surface area contributed by atoms with Crippen LogP contribution in [-0.4, -0.2) is 47.8 Å². The lowest BCUT2D eigenvalue weighted by Gasteiger charge is -2.36. The summed E-state index contributed by atoms with van der Waals surface area (Å²) in [6, 6.07) is 16.8. The Hall–Kier alpha value is -3.15. The zero-order valence-electron chi connectivity index (χ0n) is 20.5. The topological polar surface area (TPSA) is 78.5 Å². The van der Waals surface area contributed by atoms with Crippen LogP contribution >= 0.6 is 0 Å². The molecule has 1 aliphatic rings. The molecule has 34 heavy (non-hydrogen) atoms. The molecule has 0 aliphatic carbocycles. The molecule has 1 saturated heterocycles. The summed E-state index contributed by atoms with van der Waals surface area (Å²) in [4.78, 5) is 40.6. The van der Waals surface area contributed by atoms with Crippen LogP contribution in [-0.2, 0) is 16.0 Å². The van der Waals surface area contributed by atoms with E-state index in [1.165, 1.54) is 0 Å². The van der Waals surface area contributed by atoms with Gasteiger partial charge in [0.1, 0.15) is 6.04 Å². The third-order valence-electron chi connectivity index (χ3n) is 6.72. The van der Waals surface area contributed by atoms with Gasteiger partial charge in [0.15, 0.2) is 0 Å². The third kappa shape index (κ3) is 7.17. The fraction of sp³-hybridized carbons (Fsp3) is 0.464. The van der Waals surface area contributed by atoms with Crippen LogP contribution in [0.3, 0.4) is 0 Å². The number of nitrogens with one attached hydrogen (secondary N) is 2. The molecular weight excluding hydrogens is 426 g/mol. The van der Waals surface area contributed by atoms with Crippen LogP contribution in [0.2, 0.25) is 0 Å². The lowest BCUT2D eigenvalue weighted by molar-refractivity contribution is -0.133. The molecular formula is C28H37N3O3. The van der Waals surface area contributed by atoms with Crippen molar-refractivity contribution in [2.75, 3.05) is 13.1 Å². The van der Waals surface area contributed by atoms with E-state index in [0.29, 0.717) is 37.9 Å². The van der Waals surface area contributed by atoms with Crippen LogP contribution in [0, 0.1) is 12.8 Å². The Kier molecular flexibility index (Phi) is 9.25. The van der Waals surface area contributed by atoms with Crippen LogP contribution in [0.1, 0.15) is 61.0 Å². The van der Waals surface area contributed by atoms with E-state index < -0.39 is 6.04 Å². The summed E-state index contributed by atoms with van der Waals surface area (Å²) in [7, 11) is 0. The molecule has 1 aliphatic heterocycles. The second-order valence-corrected chi connectivity index (χ2v) is 9.34. The van der Waals surface area contributed by atoms with E-state index in [1.54, 1.807) is 12.1 Å². The highest BCUT2D eigenvalue weighted by molar-refractivity contribution is 5.97. The summed E-state index contributed by atoms with van der Waals surface area (Å²) >= 11 is 0. The van der Waals surface area contributed by atoms with Gasteiger partial charge in [-0.3, -0.25) is 14.4 Å². The second kappa shape index (κ2) is 12.4. The van der Waals surface area contributed by atoms with Gasteiger partial charge in [0, 0.05) is 31.1 Å². The van der Waals surface area contributed by atoms with Gasteiger partial charge >= 0.3 is 0 Å². The molecule has 0 spiro atoms. The zero-order chi connectivity index (χ0) is 24.5. The smallest absolute Gasteiger partial charge is 0.251 e. The van der Waals surface area contributed by atoms with Gasteiger partial charge < -0.3 is 15.5 Å². The molecule has 2 N–H and O–H groups in total. The monoisotopic (exact) mass is 463 g/mol. The summed E-state index contributed by atoms with van der Waals surface area (Å²) in [6.45, 7) is 7.16. The van der Waals surface area contributed by atoms with Crippen molar-refractivity contribution in [2.24, 2.45) is 5.92 Å². The van der Waals surface area contributed by atoms with Crippen molar-refractivity contribution in [2.45, 2.75) is 65.0 Å². The van der Waals surface area contributed by atoms with Crippen molar-refractivity contribution >= 4 is 17.7 Å². The van der Waals surface area contributed by atoms with Crippen LogP contribution in [0.4, 0.5) is 0 Å². The molecule has 0 aromatic heterocycles. The van der Waals surface area contributed by atoms with Gasteiger partial charge in [-0.2, -0.15) is 0 Å². The minimum Gasteiger partial charge on any atom is -0.352 e. The van der Waals surface area contributed by atoms with Crippen molar-refractivity contribution in [1.29, 1.82) is 0 Å². The second-order valence-electron chi connectivity index (χ2n) is 9.34. The quantitative estimate of drug-likeness (QED) is 0.592. The Labute approximate surface area is 203 Å². The molecule has 1 heterocycles. The van der Waals surface area contributed by atoms with Crippen LogP contribution in [0.15, 0.2) is 54.6 Å². The third-order valence-corrected chi connectivity index (χ3v) is 6.72. The number of piperidine rings is 1. The van der Waals surface area contributed by atoms with Gasteiger partial charge in [-0.05, 0) is 63.1 Å². The first-order chi connectivity index (χ1) is 16.4. The van der Waals surface area contributed by atoms with Gasteiger partial charge in [-0.1, -0.05) is 55.0 Å². The molecule has 6 heteroatoms. The van der Waals surface area contributed by atoms with E-state index in [1.807, 2.05) is 68.1 Å². The zero-order valence-corrected chi connectivity index (χ0v) is 20.5. The maximum atomic E-state index is 13.1. The molecule has 2 atom stereocenters. The Balaban J connectivity index is 1.61. The van der Waals surface area contributed by atoms with E-state index >= 15 is 0 Å². The van der Waals surface area contributed by atoms with Crippen LogP contribution in [0.25, 0.3) is 0 Å². The van der Waals surface area contributed by atoms with E-state index in [0.717, 1.165) is 24.0 Å². The van der Waals surface area contributed by atoms with Gasteiger partial charge in [0.25, 0.3) is 5.91 Å². The average Bonchev–Trinajstić information content (AvgIpc) is 2.86. The normalized spacial score (nSPS) is 15.9. The van der Waals surface area contributed by atoms with Gasteiger partial charge in [-0.15, -0.1) is 0 Å². The number of carbonyl (C=O) groups is 3.